The van der Waals surface area contributed by atoms with Crippen LogP contribution in [0.1, 0.15) is 5.56 Å². The summed E-state index contributed by atoms with van der Waals surface area (Å²) in [6.45, 7) is 0. The van der Waals surface area contributed by atoms with Crippen molar-refractivity contribution in [2.75, 3.05) is 12.4 Å². The topological polar surface area (TPSA) is 88.8 Å². The number of nitrogens with two attached hydrogens (primary N) is 2. The number of hydrogen-bond donors (Lipinski definition) is 3. The van der Waals surface area contributed by atoms with E-state index < -0.39 is 11.7 Å². The van der Waals surface area contributed by atoms with Crippen LogP contribution in [0.15, 0.2) is 31.1 Å². The molecule has 0 saturated carbocycles. The number of hydrogen-bond acceptors (Lipinski definition) is 1. The first-order chi connectivity index (χ1) is 9.15. The molecule has 5 nitrogen and oxygen atoms in total. The number of nitrogens with zero attached hydrogens (tertiary/aromatic N) is 2. The molecule has 0 spiro atoms. The minimum atomic E-state index is -4.44. The van der Waals surface area contributed by atoms with Crippen LogP contribution in [0.5, 0.6) is 0 Å². The average Bonchev–Trinajstić information content (AvgIpc) is 2.32. The molecule has 0 atom stereocenters. The summed E-state index contributed by atoms with van der Waals surface area (Å²) in [5.41, 5.74) is 10.4. The Hall–Kier alpha value is -1.29. The molecular weight excluding hydrogens is 407 g/mol. The van der Waals surface area contributed by atoms with E-state index in [1.165, 1.54) is 7.05 Å². The minimum Gasteiger partial charge on any atom is -0.369 e. The van der Waals surface area contributed by atoms with E-state index in [9.17, 15) is 13.2 Å². The van der Waals surface area contributed by atoms with Gasteiger partial charge in [0.15, 0.2) is 0 Å². The molecule has 0 aromatic heterocycles. The Morgan fingerprint density at radius 2 is 1.70 bits per heavy atom. The van der Waals surface area contributed by atoms with Crippen molar-refractivity contribution in [3.05, 3.63) is 26.6 Å². The normalized spacial score (nSPS) is 13.5. The fraction of sp³-hybridized carbons (Fsp3) is 0.200. The van der Waals surface area contributed by atoms with Crippen LogP contribution in [-0.4, -0.2) is 19.0 Å². The largest absolute Gasteiger partial charge is 0.416 e. The predicted molar refractivity (Wildman–Crippen MR) is 79.6 cm³/mol. The van der Waals surface area contributed by atoms with Gasteiger partial charge >= 0.3 is 6.18 Å². The van der Waals surface area contributed by atoms with Gasteiger partial charge in [-0.25, -0.2) is 0 Å². The van der Waals surface area contributed by atoms with Gasteiger partial charge in [0, 0.05) is 16.0 Å². The number of aliphatic imine (C=N–C) groups is 2. The van der Waals surface area contributed by atoms with Crippen LogP contribution >= 0.6 is 31.9 Å². The van der Waals surface area contributed by atoms with Gasteiger partial charge in [0.25, 0.3) is 0 Å². The minimum absolute atomic E-state index is 0.0610. The van der Waals surface area contributed by atoms with Crippen LogP contribution in [0.3, 0.4) is 0 Å². The Morgan fingerprint density at radius 1 is 1.20 bits per heavy atom. The monoisotopic (exact) mass is 415 g/mol. The smallest absolute Gasteiger partial charge is 0.369 e. The fourth-order valence-corrected chi connectivity index (χ4v) is 2.57. The summed E-state index contributed by atoms with van der Waals surface area (Å²) in [6, 6.07) is 1.86. The van der Waals surface area contributed by atoms with Crippen molar-refractivity contribution < 1.29 is 13.2 Å². The molecular formula is C10H10Br2F3N5. The number of benzene rings is 1. The maximum atomic E-state index is 12.6. The standard InChI is InChI=1S/C10H10Br2F3N5/c1-18-8(16)20-9(17)19-7-5(11)2-4(3-6(7)12)10(13,14)15/h2-3H,1H3,(H5,16,17,18,19,20). The third-order valence-corrected chi connectivity index (χ3v) is 3.34. The first-order valence-corrected chi connectivity index (χ1v) is 6.63. The van der Waals surface area contributed by atoms with Crippen molar-refractivity contribution in [1.29, 1.82) is 0 Å². The SMILES string of the molecule is CN=C(N)N=C(N)Nc1c(Br)cc(C(F)(F)F)cc1Br. The second-order valence-electron chi connectivity index (χ2n) is 3.52. The Morgan fingerprint density at radius 3 is 2.10 bits per heavy atom. The van der Waals surface area contributed by atoms with Crippen molar-refractivity contribution in [2.45, 2.75) is 6.18 Å². The highest BCUT2D eigenvalue weighted by Crippen LogP contribution is 2.38. The van der Waals surface area contributed by atoms with E-state index in [2.05, 4.69) is 47.2 Å². The summed E-state index contributed by atoms with van der Waals surface area (Å²) in [5, 5.41) is 2.63. The molecule has 0 radical (unpaired) electrons. The zero-order valence-electron chi connectivity index (χ0n) is 10.1. The maximum Gasteiger partial charge on any atom is 0.416 e. The third-order valence-electron chi connectivity index (χ3n) is 2.09. The number of rotatable bonds is 1. The molecule has 110 valence electrons. The zero-order chi connectivity index (χ0) is 15.5. The molecule has 1 rings (SSSR count). The van der Waals surface area contributed by atoms with Crippen LogP contribution in [0, 0.1) is 0 Å². The molecule has 1 aromatic rings. The van der Waals surface area contributed by atoms with Gasteiger partial charge in [-0.1, -0.05) is 0 Å². The summed E-state index contributed by atoms with van der Waals surface area (Å²) < 4.78 is 38.2. The van der Waals surface area contributed by atoms with E-state index in [4.69, 9.17) is 11.5 Å². The summed E-state index contributed by atoms with van der Waals surface area (Å²) in [4.78, 5) is 7.27. The molecule has 0 aliphatic heterocycles. The molecule has 0 aliphatic rings. The molecule has 5 N–H and O–H groups in total. The highest BCUT2D eigenvalue weighted by molar-refractivity contribution is 9.11. The average molecular weight is 417 g/mol. The number of halogens is 5. The van der Waals surface area contributed by atoms with E-state index >= 15 is 0 Å². The van der Waals surface area contributed by atoms with E-state index in [0.717, 1.165) is 12.1 Å². The predicted octanol–water partition coefficient (Wildman–Crippen LogP) is 2.90. The van der Waals surface area contributed by atoms with E-state index in [1.54, 1.807) is 0 Å². The maximum absolute atomic E-state index is 12.6. The first-order valence-electron chi connectivity index (χ1n) is 5.04. The van der Waals surface area contributed by atoms with Crippen molar-refractivity contribution in [3.8, 4) is 0 Å². The lowest BCUT2D eigenvalue weighted by Crippen LogP contribution is -2.26. The quantitative estimate of drug-likeness (QED) is 0.485. The van der Waals surface area contributed by atoms with E-state index in [0.29, 0.717) is 5.69 Å². The fourth-order valence-electron chi connectivity index (χ4n) is 1.19. The third kappa shape index (κ3) is 4.37. The van der Waals surface area contributed by atoms with Crippen LogP contribution in [0.4, 0.5) is 18.9 Å². The summed E-state index contributed by atoms with van der Waals surface area (Å²) >= 11 is 6.08. The van der Waals surface area contributed by atoms with Crippen molar-refractivity contribution >= 4 is 49.5 Å². The van der Waals surface area contributed by atoms with Crippen molar-refractivity contribution in [1.82, 2.24) is 0 Å². The van der Waals surface area contributed by atoms with Gasteiger partial charge in [0.05, 0.1) is 11.3 Å². The van der Waals surface area contributed by atoms with Gasteiger partial charge in [-0.05, 0) is 44.0 Å². The second-order valence-corrected chi connectivity index (χ2v) is 5.23. The molecule has 0 amide bonds. The van der Waals surface area contributed by atoms with Gasteiger partial charge in [-0.15, -0.1) is 0 Å². The van der Waals surface area contributed by atoms with Crippen molar-refractivity contribution in [2.24, 2.45) is 21.5 Å². The Balaban J connectivity index is 3.13. The Bertz CT molecular complexity index is 545. The molecule has 10 heteroatoms. The molecule has 1 aromatic carbocycles. The van der Waals surface area contributed by atoms with Crippen molar-refractivity contribution in [3.63, 3.8) is 0 Å². The lowest BCUT2D eigenvalue weighted by Gasteiger charge is -2.13. The van der Waals surface area contributed by atoms with Gasteiger partial charge in [-0.3, -0.25) is 4.99 Å². The van der Waals surface area contributed by atoms with E-state index in [-0.39, 0.29) is 20.9 Å². The highest BCUT2D eigenvalue weighted by atomic mass is 79.9. The molecule has 0 aliphatic carbocycles. The van der Waals surface area contributed by atoms with Crippen LogP contribution in [0.25, 0.3) is 0 Å². The van der Waals surface area contributed by atoms with Crippen LogP contribution < -0.4 is 16.8 Å². The number of alkyl halides is 3. The lowest BCUT2D eigenvalue weighted by molar-refractivity contribution is -0.137. The molecule has 0 bridgehead atoms. The molecule has 20 heavy (non-hydrogen) atoms. The van der Waals surface area contributed by atoms with Gasteiger partial charge in [0.2, 0.25) is 11.9 Å². The number of guanidine groups is 2. The Kier molecular flexibility index (Phi) is 5.40. The van der Waals surface area contributed by atoms with Crippen LogP contribution in [0.2, 0.25) is 0 Å². The highest BCUT2D eigenvalue weighted by Gasteiger charge is 2.31. The van der Waals surface area contributed by atoms with Gasteiger partial charge < -0.3 is 16.8 Å². The van der Waals surface area contributed by atoms with Crippen LogP contribution in [-0.2, 0) is 6.18 Å². The van der Waals surface area contributed by atoms with Gasteiger partial charge in [0.1, 0.15) is 0 Å². The lowest BCUT2D eigenvalue weighted by atomic mass is 10.2. The number of nitrogens with one attached hydrogen (secondary N) is 1. The summed E-state index contributed by atoms with van der Waals surface area (Å²) in [6.07, 6.45) is -4.44. The first kappa shape index (κ1) is 16.8. The zero-order valence-corrected chi connectivity index (χ0v) is 13.3. The van der Waals surface area contributed by atoms with E-state index in [1.807, 2.05) is 0 Å². The van der Waals surface area contributed by atoms with Gasteiger partial charge in [-0.2, -0.15) is 18.2 Å². The summed E-state index contributed by atoms with van der Waals surface area (Å²) in [7, 11) is 1.43. The molecule has 0 fully saturated rings. The number of anilines is 1. The molecule has 0 unspecified atom stereocenters. The molecule has 0 heterocycles. The Labute approximate surface area is 129 Å². The second kappa shape index (κ2) is 6.44. The molecule has 0 saturated heterocycles. The summed E-state index contributed by atoms with van der Waals surface area (Å²) in [5.74, 6) is -0.164.